The number of rotatable bonds is 39. The predicted octanol–water partition coefficient (Wildman–Crippen LogP) is 11.1. The number of carbonyl (C=O) groups is 2. The molecule has 0 amide bonds. The molecule has 10 nitrogen and oxygen atoms in total. The van der Waals surface area contributed by atoms with Gasteiger partial charge in [0.25, 0.3) is 0 Å². The largest absolute Gasteiger partial charge is 0.472 e. The lowest BCUT2D eigenvalue weighted by Gasteiger charge is -2.25. The summed E-state index contributed by atoms with van der Waals surface area (Å²) >= 11 is 0. The fourth-order valence-electron chi connectivity index (χ4n) is 6.10. The van der Waals surface area contributed by atoms with E-state index in [-0.39, 0.29) is 19.4 Å². The Kier molecular flexibility index (Phi) is 33.1. The second-order valence-corrected chi connectivity index (χ2v) is 17.1. The van der Waals surface area contributed by atoms with Crippen molar-refractivity contribution >= 4 is 19.6 Å². The molecular formula is C40H81NO9P+. The van der Waals surface area contributed by atoms with Crippen LogP contribution < -0.4 is 0 Å². The molecule has 0 rings (SSSR count). The third-order valence-electron chi connectivity index (χ3n) is 9.48. The van der Waals surface area contributed by atoms with Crippen molar-refractivity contribution in [2.45, 2.75) is 206 Å². The Labute approximate surface area is 313 Å². The summed E-state index contributed by atoms with van der Waals surface area (Å²) in [6.07, 6.45) is 28.1. The van der Waals surface area contributed by atoms with Gasteiger partial charge in [-0.2, -0.15) is 0 Å². The smallest absolute Gasteiger partial charge is 0.451 e. The van der Waals surface area contributed by atoms with E-state index in [9.17, 15) is 24.3 Å². The van der Waals surface area contributed by atoms with Crippen molar-refractivity contribution in [1.82, 2.24) is 0 Å². The van der Waals surface area contributed by atoms with Gasteiger partial charge < -0.3 is 14.1 Å². The molecule has 0 aromatic rings. The summed E-state index contributed by atoms with van der Waals surface area (Å²) in [6, 6.07) is 0. The first-order valence-corrected chi connectivity index (χ1v) is 22.4. The molecule has 0 aromatic heterocycles. The molecule has 0 spiro atoms. The number of unbranched alkanes of at least 4 members (excludes halogenated alkanes) is 24. The van der Waals surface area contributed by atoms with Gasteiger partial charge in [0, 0.05) is 12.8 Å². The van der Waals surface area contributed by atoms with Crippen LogP contribution in [-0.4, -0.2) is 79.5 Å². The Bertz CT molecular complexity index is 867. The highest BCUT2D eigenvalue weighted by Gasteiger charge is 2.35. The van der Waals surface area contributed by atoms with E-state index in [1.165, 1.54) is 116 Å². The fourth-order valence-corrected chi connectivity index (χ4v) is 6.83. The normalized spacial score (nSPS) is 14.3. The number of nitrogens with zero attached hydrogens (tertiary/aromatic N) is 1. The average molecular weight is 751 g/mol. The average Bonchev–Trinajstić information content (AvgIpc) is 3.07. The van der Waals surface area contributed by atoms with Crippen LogP contribution in [0.15, 0.2) is 0 Å². The van der Waals surface area contributed by atoms with Crippen molar-refractivity contribution < 1.29 is 47.5 Å². The molecule has 0 saturated carbocycles. The number of hydrogen-bond donors (Lipinski definition) is 2. The molecule has 2 N–H and O–H groups in total. The molecule has 0 bridgehead atoms. The summed E-state index contributed by atoms with van der Waals surface area (Å²) in [5, 5.41) is 9.68. The van der Waals surface area contributed by atoms with Crippen molar-refractivity contribution in [1.29, 1.82) is 0 Å². The number of phosphoric acid groups is 1. The molecule has 0 aromatic carbocycles. The van der Waals surface area contributed by atoms with Crippen LogP contribution in [0, 0.1) is 0 Å². The third-order valence-corrected chi connectivity index (χ3v) is 10.5. The van der Waals surface area contributed by atoms with Crippen LogP contribution in [0.25, 0.3) is 0 Å². The van der Waals surface area contributed by atoms with Gasteiger partial charge >= 0.3 is 13.8 Å². The summed E-state index contributed by atoms with van der Waals surface area (Å²) in [6.45, 7) is 4.26. The Hall–Kier alpha value is -0.870. The Morgan fingerprint density at radius 1 is 0.588 bits per heavy atom. The molecule has 0 aliphatic carbocycles. The summed E-state index contributed by atoms with van der Waals surface area (Å²) in [5.41, 5.74) is 0. The first-order valence-electron chi connectivity index (χ1n) is 20.9. The van der Waals surface area contributed by atoms with Crippen LogP contribution in [0.4, 0.5) is 0 Å². The number of ketones is 1. The highest BCUT2D eigenvalue weighted by molar-refractivity contribution is 7.47. The number of esters is 1. The molecule has 2 unspecified atom stereocenters. The van der Waals surface area contributed by atoms with Crippen molar-refractivity contribution in [2.75, 3.05) is 40.9 Å². The number of likely N-dealkylation sites (N-methyl/N-ethyl adjacent to an activating group) is 1. The number of hydrogen-bond acceptors (Lipinski definition) is 8. The number of phosphoric ester groups is 1. The van der Waals surface area contributed by atoms with E-state index in [0.29, 0.717) is 23.9 Å². The molecule has 0 saturated heterocycles. The van der Waals surface area contributed by atoms with Crippen molar-refractivity contribution in [3.05, 3.63) is 0 Å². The highest BCUT2D eigenvalue weighted by Crippen LogP contribution is 2.43. The lowest BCUT2D eigenvalue weighted by Crippen LogP contribution is -2.42. The molecule has 0 heterocycles. The van der Waals surface area contributed by atoms with Crippen LogP contribution in [0.5, 0.6) is 0 Å². The van der Waals surface area contributed by atoms with Gasteiger partial charge in [0.05, 0.1) is 27.7 Å². The Balaban J connectivity index is 4.71. The molecule has 304 valence electrons. The fraction of sp³-hybridized carbons (Fsp3) is 0.950. The van der Waals surface area contributed by atoms with Crippen LogP contribution in [-0.2, 0) is 32.8 Å². The van der Waals surface area contributed by atoms with E-state index < -0.39 is 38.4 Å². The quantitative estimate of drug-likeness (QED) is 0.0157. The van der Waals surface area contributed by atoms with Gasteiger partial charge in [0.2, 0.25) is 0 Å². The lowest BCUT2D eigenvalue weighted by molar-refractivity contribution is -0.870. The number of Topliss-reactive ketones (excluding diaryl/α,β-unsaturated/α-hetero) is 1. The molecule has 3 atom stereocenters. The van der Waals surface area contributed by atoms with E-state index in [1.54, 1.807) is 0 Å². The number of quaternary nitrogens is 1. The SMILES string of the molecule is CCCCCCCCCCCCCCCC(=O)OC(C(=O)CCCCCCCCCCCCCCC)[C@H](COP(=O)(O)OCC[N+](C)(C)C)OO. The lowest BCUT2D eigenvalue weighted by atomic mass is 10.0. The molecule has 0 radical (unpaired) electrons. The van der Waals surface area contributed by atoms with Crippen molar-refractivity contribution in [3.8, 4) is 0 Å². The van der Waals surface area contributed by atoms with Crippen molar-refractivity contribution in [2.24, 2.45) is 0 Å². The van der Waals surface area contributed by atoms with Crippen molar-refractivity contribution in [3.63, 3.8) is 0 Å². The molecule has 11 heteroatoms. The van der Waals surface area contributed by atoms with E-state index >= 15 is 0 Å². The van der Waals surface area contributed by atoms with Crippen LogP contribution in [0.1, 0.15) is 194 Å². The van der Waals surface area contributed by atoms with E-state index in [2.05, 4.69) is 18.7 Å². The Morgan fingerprint density at radius 3 is 1.33 bits per heavy atom. The minimum absolute atomic E-state index is 0.0303. The third kappa shape index (κ3) is 33.4. The number of ether oxygens (including phenoxy) is 1. The predicted molar refractivity (Wildman–Crippen MR) is 208 cm³/mol. The van der Waals surface area contributed by atoms with Crippen LogP contribution in [0.2, 0.25) is 0 Å². The van der Waals surface area contributed by atoms with Gasteiger partial charge in [-0.15, -0.1) is 0 Å². The summed E-state index contributed by atoms with van der Waals surface area (Å²) in [5.74, 6) is -0.964. The van der Waals surface area contributed by atoms with Gasteiger partial charge in [-0.25, -0.2) is 9.45 Å². The van der Waals surface area contributed by atoms with E-state index in [0.717, 1.165) is 38.5 Å². The zero-order chi connectivity index (χ0) is 38.1. The molecular weight excluding hydrogens is 669 g/mol. The summed E-state index contributed by atoms with van der Waals surface area (Å²) < 4.78 is 28.7. The maximum Gasteiger partial charge on any atom is 0.472 e. The van der Waals surface area contributed by atoms with Gasteiger partial charge in [-0.05, 0) is 12.8 Å². The maximum atomic E-state index is 13.3. The second-order valence-electron chi connectivity index (χ2n) is 15.6. The molecule has 0 fully saturated rings. The minimum atomic E-state index is -4.50. The van der Waals surface area contributed by atoms with Crippen LogP contribution in [0.3, 0.4) is 0 Å². The van der Waals surface area contributed by atoms with Gasteiger partial charge in [0.15, 0.2) is 18.0 Å². The second kappa shape index (κ2) is 33.7. The molecule has 51 heavy (non-hydrogen) atoms. The summed E-state index contributed by atoms with van der Waals surface area (Å²) in [4.78, 5) is 40.8. The standard InChI is InChI=1S/C40H80NO9P/c1-6-8-10-12-14-16-18-20-22-24-26-28-30-32-37(42)40(38(50-44)36-48-51(45,46)47-35-34-41(3,4)5)49-39(43)33-31-29-27-25-23-21-19-17-15-13-11-9-7-2/h38,40H,6-36H2,1-5H3,(H-,44,45,46)/p+1/t38-,40?/m0/s1. The highest BCUT2D eigenvalue weighted by atomic mass is 31.2. The number of carbonyl (C=O) groups excluding carboxylic acids is 2. The zero-order valence-electron chi connectivity index (χ0n) is 33.7. The first-order chi connectivity index (χ1) is 24.5. The molecule has 0 aliphatic heterocycles. The first kappa shape index (κ1) is 50.1. The molecule has 0 aliphatic rings. The summed E-state index contributed by atoms with van der Waals surface area (Å²) in [7, 11) is 1.26. The van der Waals surface area contributed by atoms with Gasteiger partial charge in [0.1, 0.15) is 13.2 Å². The topological polar surface area (TPSA) is 129 Å². The Morgan fingerprint density at radius 2 is 0.961 bits per heavy atom. The van der Waals surface area contributed by atoms with E-state index in [1.807, 2.05) is 21.1 Å². The van der Waals surface area contributed by atoms with Gasteiger partial charge in [-0.1, -0.05) is 168 Å². The van der Waals surface area contributed by atoms with Gasteiger partial charge in [-0.3, -0.25) is 23.9 Å². The minimum Gasteiger partial charge on any atom is -0.451 e. The zero-order valence-corrected chi connectivity index (χ0v) is 34.6. The maximum absolute atomic E-state index is 13.3. The van der Waals surface area contributed by atoms with Crippen LogP contribution >= 0.6 is 7.82 Å². The van der Waals surface area contributed by atoms with E-state index in [4.69, 9.17) is 13.8 Å². The monoisotopic (exact) mass is 751 g/mol.